The molecule has 1 amide bonds. The van der Waals surface area contributed by atoms with E-state index in [0.717, 1.165) is 11.4 Å². The SMILES string of the molecule is Cc1ccc(C(=O)C(=O)NCCc2n[nH]c(=S)n2C(C)C)cc1. The highest BCUT2D eigenvalue weighted by Gasteiger charge is 2.16. The standard InChI is InChI=1S/C16H20N4O2S/c1-10(2)20-13(18-19-16(20)23)8-9-17-15(22)14(21)12-6-4-11(3)5-7-12/h4-7,10H,8-9H2,1-3H3,(H,17,22)(H,19,23). The largest absolute Gasteiger partial charge is 0.349 e. The van der Waals surface area contributed by atoms with Crippen LogP contribution in [0.25, 0.3) is 0 Å². The van der Waals surface area contributed by atoms with Crippen LogP contribution in [0.1, 0.15) is 41.6 Å². The highest BCUT2D eigenvalue weighted by Crippen LogP contribution is 2.09. The molecule has 2 aromatic rings. The second kappa shape index (κ2) is 7.32. The van der Waals surface area contributed by atoms with Crippen molar-refractivity contribution in [2.75, 3.05) is 6.54 Å². The molecule has 1 aromatic heterocycles. The molecule has 0 fully saturated rings. The molecule has 0 bridgehead atoms. The zero-order valence-electron chi connectivity index (χ0n) is 13.4. The van der Waals surface area contributed by atoms with E-state index in [2.05, 4.69) is 15.5 Å². The van der Waals surface area contributed by atoms with Crippen LogP contribution in [0.2, 0.25) is 0 Å². The zero-order chi connectivity index (χ0) is 17.0. The van der Waals surface area contributed by atoms with Gasteiger partial charge >= 0.3 is 0 Å². The van der Waals surface area contributed by atoms with Gasteiger partial charge < -0.3 is 9.88 Å². The second-order valence-electron chi connectivity index (χ2n) is 5.61. The minimum atomic E-state index is -0.612. The Labute approximate surface area is 139 Å². The van der Waals surface area contributed by atoms with Crippen molar-refractivity contribution in [1.82, 2.24) is 20.1 Å². The molecular formula is C16H20N4O2S. The molecule has 1 aromatic carbocycles. The van der Waals surface area contributed by atoms with Gasteiger partial charge in [-0.1, -0.05) is 29.8 Å². The predicted octanol–water partition coefficient (Wildman–Crippen LogP) is 2.37. The van der Waals surface area contributed by atoms with Crippen LogP contribution >= 0.6 is 12.2 Å². The van der Waals surface area contributed by atoms with Gasteiger partial charge in [0.1, 0.15) is 5.82 Å². The monoisotopic (exact) mass is 332 g/mol. The maximum atomic E-state index is 12.0. The van der Waals surface area contributed by atoms with Crippen molar-refractivity contribution in [2.24, 2.45) is 0 Å². The Morgan fingerprint density at radius 1 is 1.30 bits per heavy atom. The van der Waals surface area contributed by atoms with Crippen LogP contribution in [0.15, 0.2) is 24.3 Å². The quantitative estimate of drug-likeness (QED) is 0.483. The van der Waals surface area contributed by atoms with E-state index < -0.39 is 11.7 Å². The van der Waals surface area contributed by atoms with Gasteiger partial charge in [-0.15, -0.1) is 0 Å². The highest BCUT2D eigenvalue weighted by molar-refractivity contribution is 7.71. The Kier molecular flexibility index (Phi) is 5.44. The Morgan fingerprint density at radius 2 is 1.96 bits per heavy atom. The average Bonchev–Trinajstić information content (AvgIpc) is 2.88. The number of carbonyl (C=O) groups is 2. The maximum absolute atomic E-state index is 12.0. The normalized spacial score (nSPS) is 10.8. The van der Waals surface area contributed by atoms with Crippen molar-refractivity contribution >= 4 is 23.9 Å². The molecule has 1 heterocycles. The molecule has 6 nitrogen and oxygen atoms in total. The lowest BCUT2D eigenvalue weighted by molar-refractivity contribution is -0.116. The Hall–Kier alpha value is -2.28. The molecular weight excluding hydrogens is 312 g/mol. The molecule has 0 aliphatic rings. The zero-order valence-corrected chi connectivity index (χ0v) is 14.2. The Morgan fingerprint density at radius 3 is 2.57 bits per heavy atom. The van der Waals surface area contributed by atoms with Crippen molar-refractivity contribution in [3.8, 4) is 0 Å². The fourth-order valence-electron chi connectivity index (χ4n) is 2.25. The lowest BCUT2D eigenvalue weighted by atomic mass is 10.1. The molecule has 7 heteroatoms. The third-order valence-corrected chi connectivity index (χ3v) is 3.74. The summed E-state index contributed by atoms with van der Waals surface area (Å²) in [4.78, 5) is 23.9. The number of nitrogens with one attached hydrogen (secondary N) is 2. The number of hydrogen-bond donors (Lipinski definition) is 2. The van der Waals surface area contributed by atoms with Crippen LogP contribution in [0.3, 0.4) is 0 Å². The van der Waals surface area contributed by atoms with Gasteiger partial charge in [0, 0.05) is 24.6 Å². The van der Waals surface area contributed by atoms with E-state index in [9.17, 15) is 9.59 Å². The van der Waals surface area contributed by atoms with E-state index in [0.29, 0.717) is 23.3 Å². The molecule has 122 valence electrons. The molecule has 0 aliphatic heterocycles. The van der Waals surface area contributed by atoms with Crippen molar-refractivity contribution in [3.63, 3.8) is 0 Å². The van der Waals surface area contributed by atoms with Gasteiger partial charge in [-0.05, 0) is 33.0 Å². The first-order chi connectivity index (χ1) is 10.9. The van der Waals surface area contributed by atoms with Crippen LogP contribution in [0, 0.1) is 11.7 Å². The van der Waals surface area contributed by atoms with Crippen LogP contribution < -0.4 is 5.32 Å². The summed E-state index contributed by atoms with van der Waals surface area (Å²) in [5, 5.41) is 9.53. The molecule has 0 saturated heterocycles. The van der Waals surface area contributed by atoms with Gasteiger partial charge in [-0.2, -0.15) is 5.10 Å². The molecule has 0 saturated carbocycles. The molecule has 0 aliphatic carbocycles. The summed E-state index contributed by atoms with van der Waals surface area (Å²) in [6.45, 7) is 6.26. The molecule has 0 unspecified atom stereocenters. The van der Waals surface area contributed by atoms with E-state index in [4.69, 9.17) is 12.2 Å². The van der Waals surface area contributed by atoms with E-state index in [1.807, 2.05) is 25.3 Å². The number of carbonyl (C=O) groups excluding carboxylic acids is 2. The van der Waals surface area contributed by atoms with Crippen molar-refractivity contribution in [3.05, 3.63) is 46.0 Å². The van der Waals surface area contributed by atoms with E-state index in [1.54, 1.807) is 24.3 Å². The Bertz CT molecular complexity index is 759. The first-order valence-corrected chi connectivity index (χ1v) is 7.86. The summed E-state index contributed by atoms with van der Waals surface area (Å²) in [6, 6.07) is 7.10. The minimum Gasteiger partial charge on any atom is -0.349 e. The van der Waals surface area contributed by atoms with Gasteiger partial charge in [0.25, 0.3) is 5.91 Å². The smallest absolute Gasteiger partial charge is 0.292 e. The van der Waals surface area contributed by atoms with Crippen LogP contribution in [-0.4, -0.2) is 33.0 Å². The van der Waals surface area contributed by atoms with Crippen molar-refractivity contribution in [2.45, 2.75) is 33.2 Å². The summed E-state index contributed by atoms with van der Waals surface area (Å²) in [7, 11) is 0. The van der Waals surface area contributed by atoms with E-state index in [-0.39, 0.29) is 6.04 Å². The fourth-order valence-corrected chi connectivity index (χ4v) is 2.61. The lowest BCUT2D eigenvalue weighted by Gasteiger charge is -2.10. The number of rotatable bonds is 6. The van der Waals surface area contributed by atoms with Crippen LogP contribution in [0.4, 0.5) is 0 Å². The summed E-state index contributed by atoms with van der Waals surface area (Å²) in [5.41, 5.74) is 1.43. The fraction of sp³-hybridized carbons (Fsp3) is 0.375. The second-order valence-corrected chi connectivity index (χ2v) is 6.00. The molecule has 0 atom stereocenters. The molecule has 23 heavy (non-hydrogen) atoms. The summed E-state index contributed by atoms with van der Waals surface area (Å²) in [5.74, 6) is -0.389. The number of Topliss-reactive ketones (excluding diaryl/α,β-unsaturated/α-hetero) is 1. The predicted molar refractivity (Wildman–Crippen MR) is 90.0 cm³/mol. The van der Waals surface area contributed by atoms with Crippen LogP contribution in [0.5, 0.6) is 0 Å². The Balaban J connectivity index is 1.94. The van der Waals surface area contributed by atoms with Crippen LogP contribution in [-0.2, 0) is 11.2 Å². The number of aromatic nitrogens is 3. The summed E-state index contributed by atoms with van der Waals surface area (Å²) < 4.78 is 2.44. The summed E-state index contributed by atoms with van der Waals surface area (Å²) >= 11 is 5.17. The number of amides is 1. The van der Waals surface area contributed by atoms with Crippen molar-refractivity contribution < 1.29 is 9.59 Å². The van der Waals surface area contributed by atoms with Gasteiger partial charge in [0.05, 0.1) is 0 Å². The lowest BCUT2D eigenvalue weighted by Crippen LogP contribution is -2.33. The maximum Gasteiger partial charge on any atom is 0.292 e. The summed E-state index contributed by atoms with van der Waals surface area (Å²) in [6.07, 6.45) is 0.498. The van der Waals surface area contributed by atoms with E-state index >= 15 is 0 Å². The third kappa shape index (κ3) is 4.13. The number of hydrogen-bond acceptors (Lipinski definition) is 4. The number of aryl methyl sites for hydroxylation is 1. The van der Waals surface area contributed by atoms with Gasteiger partial charge in [0.15, 0.2) is 4.77 Å². The third-order valence-electron chi connectivity index (χ3n) is 3.45. The van der Waals surface area contributed by atoms with Gasteiger partial charge in [-0.25, -0.2) is 0 Å². The first kappa shape index (κ1) is 17.1. The minimum absolute atomic E-state index is 0.182. The topological polar surface area (TPSA) is 79.8 Å². The number of H-pyrrole nitrogens is 1. The van der Waals surface area contributed by atoms with Crippen molar-refractivity contribution in [1.29, 1.82) is 0 Å². The van der Waals surface area contributed by atoms with Gasteiger partial charge in [-0.3, -0.25) is 14.7 Å². The first-order valence-electron chi connectivity index (χ1n) is 7.45. The number of aromatic amines is 1. The highest BCUT2D eigenvalue weighted by atomic mass is 32.1. The molecule has 2 N–H and O–H groups in total. The molecule has 2 rings (SSSR count). The number of ketones is 1. The van der Waals surface area contributed by atoms with E-state index in [1.165, 1.54) is 0 Å². The van der Waals surface area contributed by atoms with Gasteiger partial charge in [0.2, 0.25) is 5.78 Å². The molecule has 0 radical (unpaired) electrons. The number of benzene rings is 1. The average molecular weight is 332 g/mol. The number of nitrogens with zero attached hydrogens (tertiary/aromatic N) is 2. The molecule has 0 spiro atoms.